The lowest BCUT2D eigenvalue weighted by Gasteiger charge is -2.46. The van der Waals surface area contributed by atoms with Crippen molar-refractivity contribution in [1.82, 2.24) is 9.29 Å². The molecule has 2 heterocycles. The number of thiophene rings is 1. The van der Waals surface area contributed by atoms with E-state index in [-0.39, 0.29) is 11.5 Å². The molecule has 0 unspecified atom stereocenters. The van der Waals surface area contributed by atoms with E-state index in [0.717, 1.165) is 16.6 Å². The second kappa shape index (κ2) is 4.77. The van der Waals surface area contributed by atoms with Gasteiger partial charge in [-0.15, -0.1) is 11.3 Å². The van der Waals surface area contributed by atoms with Crippen LogP contribution in [-0.4, -0.2) is 42.0 Å². The summed E-state index contributed by atoms with van der Waals surface area (Å²) in [5.41, 5.74) is 0.167. The molecule has 5 nitrogen and oxygen atoms in total. The number of hydrogen-bond acceptors (Lipinski definition) is 5. The van der Waals surface area contributed by atoms with E-state index in [0.29, 0.717) is 12.8 Å². The highest BCUT2D eigenvalue weighted by molar-refractivity contribution is 7.89. The Labute approximate surface area is 121 Å². The number of hydrogen-bond donors (Lipinski definition) is 1. The van der Waals surface area contributed by atoms with Crippen molar-refractivity contribution >= 4 is 31.6 Å². The maximum absolute atomic E-state index is 12.7. The molecule has 2 aromatic rings. The molecule has 0 atom stereocenters. The number of pyridine rings is 1. The Morgan fingerprint density at radius 3 is 2.85 bits per heavy atom. The minimum Gasteiger partial charge on any atom is -0.394 e. The van der Waals surface area contributed by atoms with Gasteiger partial charge < -0.3 is 5.11 Å². The van der Waals surface area contributed by atoms with Crippen LogP contribution in [0.25, 0.3) is 10.2 Å². The molecule has 1 N–H and O–H groups in total. The van der Waals surface area contributed by atoms with Gasteiger partial charge >= 0.3 is 0 Å². The zero-order valence-corrected chi connectivity index (χ0v) is 12.7. The predicted octanol–water partition coefficient (Wildman–Crippen LogP) is 1.83. The van der Waals surface area contributed by atoms with E-state index >= 15 is 0 Å². The Balaban J connectivity index is 2.02. The molecule has 1 saturated carbocycles. The maximum atomic E-state index is 12.7. The Hall–Kier alpha value is -1.02. The number of likely N-dealkylation sites (N-methyl/N-ethyl adjacent to an activating group) is 1. The van der Waals surface area contributed by atoms with Gasteiger partial charge in [-0.1, -0.05) is 0 Å². The van der Waals surface area contributed by atoms with Crippen molar-refractivity contribution in [2.24, 2.45) is 0 Å². The van der Waals surface area contributed by atoms with Crippen molar-refractivity contribution in [2.45, 2.75) is 29.7 Å². The van der Waals surface area contributed by atoms with Gasteiger partial charge in [0.25, 0.3) is 0 Å². The molecular weight excluding hydrogens is 296 g/mol. The van der Waals surface area contributed by atoms with E-state index in [2.05, 4.69) is 4.98 Å². The van der Waals surface area contributed by atoms with Gasteiger partial charge in [-0.3, -0.25) is 4.98 Å². The molecule has 0 radical (unpaired) electrons. The van der Waals surface area contributed by atoms with E-state index in [1.165, 1.54) is 21.8 Å². The van der Waals surface area contributed by atoms with Gasteiger partial charge in [0.15, 0.2) is 0 Å². The number of fused-ring (bicyclic) bond motifs is 1. The fourth-order valence-electron chi connectivity index (χ4n) is 2.54. The largest absolute Gasteiger partial charge is 0.394 e. The van der Waals surface area contributed by atoms with Gasteiger partial charge in [0.2, 0.25) is 10.0 Å². The van der Waals surface area contributed by atoms with Crippen molar-refractivity contribution in [3.8, 4) is 0 Å². The Morgan fingerprint density at radius 2 is 2.25 bits per heavy atom. The first-order chi connectivity index (χ1) is 9.49. The molecule has 0 aromatic carbocycles. The van der Waals surface area contributed by atoms with Crippen molar-refractivity contribution < 1.29 is 13.5 Å². The van der Waals surface area contributed by atoms with Crippen molar-refractivity contribution in [2.75, 3.05) is 13.7 Å². The zero-order valence-electron chi connectivity index (χ0n) is 11.1. The van der Waals surface area contributed by atoms with Crippen LogP contribution in [0.15, 0.2) is 28.6 Å². The fraction of sp³-hybridized carbons (Fsp3) is 0.462. The second-order valence-corrected chi connectivity index (χ2v) is 8.10. The van der Waals surface area contributed by atoms with E-state index in [1.54, 1.807) is 13.1 Å². The third kappa shape index (κ3) is 1.96. The molecule has 1 fully saturated rings. The summed E-state index contributed by atoms with van der Waals surface area (Å²) in [6.07, 6.45) is 3.75. The molecule has 2 aromatic heterocycles. The summed E-state index contributed by atoms with van der Waals surface area (Å²) < 4.78 is 27.5. The summed E-state index contributed by atoms with van der Waals surface area (Å²) in [6.45, 7) is -0.141. The van der Waals surface area contributed by atoms with Crippen molar-refractivity contribution in [3.63, 3.8) is 0 Å². The average molecular weight is 312 g/mol. The molecule has 1 aliphatic rings. The summed E-state index contributed by atoms with van der Waals surface area (Å²) in [4.78, 5) is 4.37. The molecule has 0 saturated heterocycles. The Morgan fingerprint density at radius 1 is 1.50 bits per heavy atom. The number of nitrogens with zero attached hydrogens (tertiary/aromatic N) is 2. The van der Waals surface area contributed by atoms with Crippen molar-refractivity contribution in [3.05, 3.63) is 23.7 Å². The lowest BCUT2D eigenvalue weighted by molar-refractivity contribution is 0.0370. The van der Waals surface area contributed by atoms with E-state index in [9.17, 15) is 13.5 Å². The van der Waals surface area contributed by atoms with Crippen LogP contribution in [0.5, 0.6) is 0 Å². The molecule has 7 heteroatoms. The minimum absolute atomic E-state index is 0.141. The first-order valence-electron chi connectivity index (χ1n) is 6.43. The fourth-order valence-corrected chi connectivity index (χ4v) is 4.91. The maximum Gasteiger partial charge on any atom is 0.244 e. The van der Waals surface area contributed by atoms with Crippen LogP contribution in [0.2, 0.25) is 0 Å². The monoisotopic (exact) mass is 312 g/mol. The number of aliphatic hydroxyl groups excluding tert-OH is 1. The molecule has 0 bridgehead atoms. The summed E-state index contributed by atoms with van der Waals surface area (Å²) in [7, 11) is -2.08. The van der Waals surface area contributed by atoms with Crippen LogP contribution < -0.4 is 0 Å². The van der Waals surface area contributed by atoms with Gasteiger partial charge in [-0.25, -0.2) is 8.42 Å². The molecule has 0 amide bonds. The first kappa shape index (κ1) is 13.9. The lowest BCUT2D eigenvalue weighted by atomic mass is 9.77. The van der Waals surface area contributed by atoms with Crippen LogP contribution in [0, 0.1) is 0 Å². The van der Waals surface area contributed by atoms with Crippen LogP contribution in [0.4, 0.5) is 0 Å². The highest BCUT2D eigenvalue weighted by Crippen LogP contribution is 2.39. The third-order valence-electron chi connectivity index (χ3n) is 4.18. The van der Waals surface area contributed by atoms with Gasteiger partial charge in [-0.2, -0.15) is 4.31 Å². The number of sulfonamides is 1. The lowest BCUT2D eigenvalue weighted by Crippen LogP contribution is -2.56. The van der Waals surface area contributed by atoms with Crippen LogP contribution >= 0.6 is 11.3 Å². The topological polar surface area (TPSA) is 70.5 Å². The predicted molar refractivity (Wildman–Crippen MR) is 78.2 cm³/mol. The summed E-state index contributed by atoms with van der Waals surface area (Å²) >= 11 is 1.47. The Kier molecular flexibility index (Phi) is 3.32. The molecule has 108 valence electrons. The van der Waals surface area contributed by atoms with Crippen LogP contribution in [-0.2, 0) is 10.0 Å². The molecule has 0 spiro atoms. The zero-order chi connectivity index (χ0) is 14.4. The smallest absolute Gasteiger partial charge is 0.244 e. The highest BCUT2D eigenvalue weighted by atomic mass is 32.2. The molecule has 0 aliphatic heterocycles. The van der Waals surface area contributed by atoms with Crippen LogP contribution in [0.3, 0.4) is 0 Å². The van der Waals surface area contributed by atoms with E-state index < -0.39 is 15.6 Å². The first-order valence-corrected chi connectivity index (χ1v) is 8.75. The van der Waals surface area contributed by atoms with E-state index in [1.807, 2.05) is 11.4 Å². The van der Waals surface area contributed by atoms with Crippen molar-refractivity contribution in [1.29, 1.82) is 0 Å². The number of aromatic nitrogens is 1. The van der Waals surface area contributed by atoms with Crippen LogP contribution in [0.1, 0.15) is 19.3 Å². The number of rotatable bonds is 4. The standard InChI is InChI=1S/C13H16N2O3S2/c1-15(13(9-16)4-2-5-13)20(17,18)10-7-12-11(14-8-10)3-6-19-12/h3,6-8,16H,2,4-5,9H2,1H3. The second-order valence-electron chi connectivity index (χ2n) is 5.18. The molecule has 3 rings (SSSR count). The molecule has 1 aliphatic carbocycles. The Bertz CT molecular complexity index is 729. The third-order valence-corrected chi connectivity index (χ3v) is 6.96. The quantitative estimate of drug-likeness (QED) is 0.935. The summed E-state index contributed by atoms with van der Waals surface area (Å²) in [5, 5.41) is 11.4. The van der Waals surface area contributed by atoms with E-state index in [4.69, 9.17) is 0 Å². The van der Waals surface area contributed by atoms with Gasteiger partial charge in [-0.05, 0) is 36.8 Å². The average Bonchev–Trinajstić information content (AvgIpc) is 2.85. The number of aliphatic hydroxyl groups is 1. The van der Waals surface area contributed by atoms with Gasteiger partial charge in [0.1, 0.15) is 4.90 Å². The molecular formula is C13H16N2O3S2. The molecule has 20 heavy (non-hydrogen) atoms. The normalized spacial score (nSPS) is 18.4. The SMILES string of the molecule is CN(C1(CO)CCC1)S(=O)(=O)c1cnc2ccsc2c1. The summed E-state index contributed by atoms with van der Waals surface area (Å²) in [6, 6.07) is 3.52. The summed E-state index contributed by atoms with van der Waals surface area (Å²) in [5.74, 6) is 0. The van der Waals surface area contributed by atoms with Gasteiger partial charge in [0.05, 0.1) is 22.4 Å². The highest BCUT2D eigenvalue weighted by Gasteiger charge is 2.45. The minimum atomic E-state index is -3.62. The van der Waals surface area contributed by atoms with Gasteiger partial charge in [0, 0.05) is 13.2 Å².